The van der Waals surface area contributed by atoms with Gasteiger partial charge in [0, 0.05) is 0 Å². The molecule has 0 heterocycles. The molecule has 1 aliphatic rings. The van der Waals surface area contributed by atoms with Gasteiger partial charge in [-0.1, -0.05) is 19.1 Å². The first kappa shape index (κ1) is 7.92. The lowest BCUT2D eigenvalue weighted by Crippen LogP contribution is -1.86. The van der Waals surface area contributed by atoms with Gasteiger partial charge in [0.25, 0.3) is 0 Å². The number of hydrogen-bond acceptors (Lipinski definition) is 2. The average molecular weight is 152 g/mol. The predicted molar refractivity (Wildman–Crippen MR) is 44.1 cm³/mol. The van der Waals surface area contributed by atoms with Crippen LogP contribution >= 0.6 is 0 Å². The molecular formula is C9H12O2. The zero-order valence-electron chi connectivity index (χ0n) is 6.74. The molecule has 1 N–H and O–H groups in total. The maximum Gasteiger partial charge on any atom is 0.160 e. The van der Waals surface area contributed by atoms with Crippen molar-refractivity contribution in [2.75, 3.05) is 7.11 Å². The molecule has 11 heavy (non-hydrogen) atoms. The van der Waals surface area contributed by atoms with Crippen molar-refractivity contribution in [3.63, 3.8) is 0 Å². The van der Waals surface area contributed by atoms with Crippen molar-refractivity contribution in [3.8, 4) is 0 Å². The normalized spacial score (nSPS) is 23.6. The van der Waals surface area contributed by atoms with Crippen LogP contribution in [0, 0.1) is 5.92 Å². The number of aliphatic hydroxyl groups excluding tert-OH is 1. The number of aliphatic hydroxyl groups is 1. The van der Waals surface area contributed by atoms with Crippen LogP contribution in [0.2, 0.25) is 0 Å². The number of allylic oxidation sites excluding steroid dienone is 4. The Labute approximate surface area is 66.5 Å². The van der Waals surface area contributed by atoms with Gasteiger partial charge < -0.3 is 9.84 Å². The van der Waals surface area contributed by atoms with Crippen LogP contribution in [0.3, 0.4) is 0 Å². The minimum atomic E-state index is 0.188. The molecule has 0 aromatic carbocycles. The molecule has 0 saturated carbocycles. The smallest absolute Gasteiger partial charge is 0.160 e. The Bertz CT molecular complexity index is 224. The van der Waals surface area contributed by atoms with Gasteiger partial charge in [-0.3, -0.25) is 0 Å². The largest absolute Gasteiger partial charge is 0.504 e. The van der Waals surface area contributed by atoms with Crippen LogP contribution < -0.4 is 0 Å². The summed E-state index contributed by atoms with van der Waals surface area (Å²) in [4.78, 5) is 0. The number of methoxy groups -OCH3 is 1. The van der Waals surface area contributed by atoms with Crippen molar-refractivity contribution < 1.29 is 9.84 Å². The highest BCUT2D eigenvalue weighted by Gasteiger charge is 2.03. The maximum atomic E-state index is 9.28. The minimum absolute atomic E-state index is 0.188. The average Bonchev–Trinajstić information content (AvgIpc) is 2.15. The molecule has 60 valence electrons. The zero-order chi connectivity index (χ0) is 8.27. The van der Waals surface area contributed by atoms with Gasteiger partial charge in [-0.25, -0.2) is 0 Å². The molecule has 0 radical (unpaired) electrons. The molecule has 0 aliphatic heterocycles. The third-order valence-electron chi connectivity index (χ3n) is 1.58. The van der Waals surface area contributed by atoms with Crippen LogP contribution in [-0.4, -0.2) is 12.2 Å². The Morgan fingerprint density at radius 1 is 1.36 bits per heavy atom. The lowest BCUT2D eigenvalue weighted by molar-refractivity contribution is 0.275. The van der Waals surface area contributed by atoms with Gasteiger partial charge in [-0.2, -0.15) is 0 Å². The minimum Gasteiger partial charge on any atom is -0.504 e. The molecule has 0 aromatic rings. The standard InChI is InChI=1S/C9H12O2/c1-7-3-5-8(10)9(11-2)6-4-7/h3-7,10H,1-2H3. The first-order chi connectivity index (χ1) is 5.24. The number of ether oxygens (including phenoxy) is 1. The number of hydrogen-bond donors (Lipinski definition) is 1. The molecular weight excluding hydrogens is 140 g/mol. The molecule has 1 rings (SSSR count). The molecule has 1 atom stereocenters. The Morgan fingerprint density at radius 3 is 2.64 bits per heavy atom. The third-order valence-corrected chi connectivity index (χ3v) is 1.58. The molecule has 0 bridgehead atoms. The van der Waals surface area contributed by atoms with Crippen LogP contribution in [0.25, 0.3) is 0 Å². The van der Waals surface area contributed by atoms with E-state index in [0.29, 0.717) is 11.7 Å². The van der Waals surface area contributed by atoms with E-state index < -0.39 is 0 Å². The Hall–Kier alpha value is -1.18. The first-order valence-electron chi connectivity index (χ1n) is 3.57. The van der Waals surface area contributed by atoms with E-state index in [-0.39, 0.29) is 5.76 Å². The highest BCUT2D eigenvalue weighted by Crippen LogP contribution is 2.13. The molecule has 0 fully saturated rings. The summed E-state index contributed by atoms with van der Waals surface area (Å²) in [7, 11) is 1.54. The van der Waals surface area contributed by atoms with Crippen molar-refractivity contribution in [2.24, 2.45) is 5.92 Å². The van der Waals surface area contributed by atoms with Crippen LogP contribution in [-0.2, 0) is 4.74 Å². The summed E-state index contributed by atoms with van der Waals surface area (Å²) in [6.07, 6.45) is 7.32. The third kappa shape index (κ3) is 1.87. The van der Waals surface area contributed by atoms with Gasteiger partial charge >= 0.3 is 0 Å². The molecule has 2 heteroatoms. The van der Waals surface area contributed by atoms with Crippen LogP contribution in [0.4, 0.5) is 0 Å². The Balaban J connectivity index is 2.90. The van der Waals surface area contributed by atoms with E-state index in [1.54, 1.807) is 19.3 Å². The molecule has 1 unspecified atom stereocenters. The summed E-state index contributed by atoms with van der Waals surface area (Å²) in [6, 6.07) is 0. The SMILES string of the molecule is COC1=C(O)C=CC(C)C=C1. The van der Waals surface area contributed by atoms with Crippen LogP contribution in [0.1, 0.15) is 6.92 Å². The van der Waals surface area contributed by atoms with Gasteiger partial charge in [0.2, 0.25) is 0 Å². The summed E-state index contributed by atoms with van der Waals surface area (Å²) in [6.45, 7) is 2.04. The lowest BCUT2D eigenvalue weighted by atomic mass is 10.2. The molecule has 0 amide bonds. The highest BCUT2D eigenvalue weighted by atomic mass is 16.5. The fraction of sp³-hybridized carbons (Fsp3) is 0.333. The van der Waals surface area contributed by atoms with Crippen molar-refractivity contribution in [1.29, 1.82) is 0 Å². The van der Waals surface area contributed by atoms with Crippen molar-refractivity contribution in [1.82, 2.24) is 0 Å². The molecule has 0 aromatic heterocycles. The van der Waals surface area contributed by atoms with Crippen molar-refractivity contribution >= 4 is 0 Å². The first-order valence-corrected chi connectivity index (χ1v) is 3.57. The summed E-state index contributed by atoms with van der Waals surface area (Å²) in [5, 5.41) is 9.28. The Morgan fingerprint density at radius 2 is 2.00 bits per heavy atom. The molecule has 0 saturated heterocycles. The second-order valence-electron chi connectivity index (χ2n) is 2.53. The van der Waals surface area contributed by atoms with Crippen molar-refractivity contribution in [3.05, 3.63) is 35.8 Å². The van der Waals surface area contributed by atoms with Crippen LogP contribution in [0.15, 0.2) is 35.8 Å². The monoisotopic (exact) mass is 152 g/mol. The second-order valence-corrected chi connectivity index (χ2v) is 2.53. The van der Waals surface area contributed by atoms with Crippen LogP contribution in [0.5, 0.6) is 0 Å². The van der Waals surface area contributed by atoms with Crippen molar-refractivity contribution in [2.45, 2.75) is 6.92 Å². The van der Waals surface area contributed by atoms with E-state index in [1.165, 1.54) is 0 Å². The summed E-state index contributed by atoms with van der Waals surface area (Å²) in [5.74, 6) is 1.06. The zero-order valence-corrected chi connectivity index (χ0v) is 6.74. The summed E-state index contributed by atoms with van der Waals surface area (Å²) >= 11 is 0. The van der Waals surface area contributed by atoms with Gasteiger partial charge in [-0.15, -0.1) is 0 Å². The lowest BCUT2D eigenvalue weighted by Gasteiger charge is -1.99. The Kier molecular flexibility index (Phi) is 2.36. The van der Waals surface area contributed by atoms with E-state index in [0.717, 1.165) is 0 Å². The van der Waals surface area contributed by atoms with Gasteiger partial charge in [0.1, 0.15) is 0 Å². The summed E-state index contributed by atoms with van der Waals surface area (Å²) < 4.78 is 4.92. The van der Waals surface area contributed by atoms with E-state index in [9.17, 15) is 5.11 Å². The second kappa shape index (κ2) is 3.28. The molecule has 2 nitrogen and oxygen atoms in total. The fourth-order valence-corrected chi connectivity index (χ4v) is 0.886. The molecule has 1 aliphatic carbocycles. The fourth-order valence-electron chi connectivity index (χ4n) is 0.886. The topological polar surface area (TPSA) is 29.5 Å². The highest BCUT2D eigenvalue weighted by molar-refractivity contribution is 5.28. The van der Waals surface area contributed by atoms with E-state index in [1.807, 2.05) is 19.1 Å². The van der Waals surface area contributed by atoms with Gasteiger partial charge in [0.05, 0.1) is 7.11 Å². The predicted octanol–water partition coefficient (Wildman–Crippen LogP) is 2.16. The summed E-state index contributed by atoms with van der Waals surface area (Å²) in [5.41, 5.74) is 0. The van der Waals surface area contributed by atoms with E-state index in [4.69, 9.17) is 4.74 Å². The van der Waals surface area contributed by atoms with Gasteiger partial charge in [-0.05, 0) is 18.1 Å². The van der Waals surface area contributed by atoms with E-state index in [2.05, 4.69) is 0 Å². The van der Waals surface area contributed by atoms with Gasteiger partial charge in [0.15, 0.2) is 11.5 Å². The maximum absolute atomic E-state index is 9.28. The van der Waals surface area contributed by atoms with E-state index >= 15 is 0 Å². The number of rotatable bonds is 1. The quantitative estimate of drug-likeness (QED) is 0.624. The molecule has 0 spiro atoms.